The Balaban J connectivity index is 2.64. The first-order chi connectivity index (χ1) is 5.22. The zero-order valence-corrected chi connectivity index (χ0v) is 7.51. The van der Waals surface area contributed by atoms with Crippen molar-refractivity contribution < 1.29 is 5.11 Å². The van der Waals surface area contributed by atoms with Crippen LogP contribution in [0.3, 0.4) is 0 Å². The lowest BCUT2D eigenvalue weighted by molar-refractivity contribution is 0.112. The van der Waals surface area contributed by atoms with E-state index < -0.39 is 0 Å². The Labute approximate surface area is 69.1 Å². The van der Waals surface area contributed by atoms with Crippen LogP contribution in [0.2, 0.25) is 0 Å². The van der Waals surface area contributed by atoms with Crippen molar-refractivity contribution in [2.24, 2.45) is 5.41 Å². The van der Waals surface area contributed by atoms with Crippen molar-refractivity contribution in [2.75, 3.05) is 0 Å². The second-order valence-corrected chi connectivity index (χ2v) is 3.61. The van der Waals surface area contributed by atoms with Gasteiger partial charge in [0.1, 0.15) is 0 Å². The summed E-state index contributed by atoms with van der Waals surface area (Å²) < 4.78 is 0. The SMILES string of the molecule is CCC1(CC)CC=CC(O)C1. The maximum Gasteiger partial charge on any atom is 0.0726 e. The second kappa shape index (κ2) is 3.40. The van der Waals surface area contributed by atoms with Crippen LogP contribution in [0.15, 0.2) is 12.2 Å². The zero-order chi connectivity index (χ0) is 8.32. The molecule has 0 bridgehead atoms. The van der Waals surface area contributed by atoms with Crippen molar-refractivity contribution >= 4 is 0 Å². The summed E-state index contributed by atoms with van der Waals surface area (Å²) in [7, 11) is 0. The minimum atomic E-state index is -0.191. The fourth-order valence-electron chi connectivity index (χ4n) is 1.90. The molecular weight excluding hydrogens is 136 g/mol. The molecule has 0 fully saturated rings. The van der Waals surface area contributed by atoms with E-state index in [9.17, 15) is 5.11 Å². The van der Waals surface area contributed by atoms with E-state index in [0.717, 1.165) is 12.8 Å². The molecule has 0 amide bonds. The van der Waals surface area contributed by atoms with Crippen LogP contribution in [0.25, 0.3) is 0 Å². The molecule has 1 atom stereocenters. The van der Waals surface area contributed by atoms with Crippen molar-refractivity contribution in [3.8, 4) is 0 Å². The van der Waals surface area contributed by atoms with Crippen LogP contribution in [0.4, 0.5) is 0 Å². The largest absolute Gasteiger partial charge is 0.389 e. The van der Waals surface area contributed by atoms with E-state index in [4.69, 9.17) is 0 Å². The average molecular weight is 154 g/mol. The van der Waals surface area contributed by atoms with Gasteiger partial charge in [-0.1, -0.05) is 38.8 Å². The topological polar surface area (TPSA) is 20.2 Å². The molecule has 1 nitrogen and oxygen atoms in total. The third-order valence-electron chi connectivity index (χ3n) is 3.05. The molecule has 0 aromatic rings. The summed E-state index contributed by atoms with van der Waals surface area (Å²) in [6.45, 7) is 4.44. The summed E-state index contributed by atoms with van der Waals surface area (Å²) in [6, 6.07) is 0. The lowest BCUT2D eigenvalue weighted by Crippen LogP contribution is -2.27. The van der Waals surface area contributed by atoms with Crippen LogP contribution in [0.5, 0.6) is 0 Å². The van der Waals surface area contributed by atoms with E-state index in [2.05, 4.69) is 19.9 Å². The Morgan fingerprint density at radius 1 is 1.45 bits per heavy atom. The van der Waals surface area contributed by atoms with E-state index in [-0.39, 0.29) is 6.10 Å². The lowest BCUT2D eigenvalue weighted by Gasteiger charge is -2.34. The number of hydrogen-bond acceptors (Lipinski definition) is 1. The number of allylic oxidation sites excluding steroid dienone is 1. The summed E-state index contributed by atoms with van der Waals surface area (Å²) in [5.41, 5.74) is 0.397. The van der Waals surface area contributed by atoms with Gasteiger partial charge in [-0.2, -0.15) is 0 Å². The number of aliphatic hydroxyl groups is 1. The Bertz CT molecular complexity index is 145. The van der Waals surface area contributed by atoms with Crippen molar-refractivity contribution in [3.05, 3.63) is 12.2 Å². The minimum Gasteiger partial charge on any atom is -0.389 e. The molecule has 0 aromatic heterocycles. The molecule has 1 unspecified atom stereocenters. The monoisotopic (exact) mass is 154 g/mol. The first-order valence-corrected chi connectivity index (χ1v) is 4.57. The van der Waals surface area contributed by atoms with E-state index >= 15 is 0 Å². The third kappa shape index (κ3) is 1.84. The smallest absolute Gasteiger partial charge is 0.0726 e. The first kappa shape index (κ1) is 8.79. The predicted octanol–water partition coefficient (Wildman–Crippen LogP) is 2.50. The third-order valence-corrected chi connectivity index (χ3v) is 3.05. The van der Waals surface area contributed by atoms with Gasteiger partial charge in [0, 0.05) is 0 Å². The minimum absolute atomic E-state index is 0.191. The van der Waals surface area contributed by atoms with Gasteiger partial charge in [0.05, 0.1) is 6.10 Å². The Kier molecular flexibility index (Phi) is 2.72. The van der Waals surface area contributed by atoms with Gasteiger partial charge in [-0.05, 0) is 18.3 Å². The Morgan fingerprint density at radius 3 is 2.45 bits per heavy atom. The predicted molar refractivity (Wildman–Crippen MR) is 47.4 cm³/mol. The van der Waals surface area contributed by atoms with Crippen LogP contribution < -0.4 is 0 Å². The van der Waals surface area contributed by atoms with Crippen molar-refractivity contribution in [1.82, 2.24) is 0 Å². The molecule has 0 aromatic carbocycles. The number of rotatable bonds is 2. The maximum atomic E-state index is 9.42. The average Bonchev–Trinajstić information content (AvgIpc) is 2.04. The van der Waals surface area contributed by atoms with Gasteiger partial charge in [-0.3, -0.25) is 0 Å². The highest BCUT2D eigenvalue weighted by Crippen LogP contribution is 2.38. The molecule has 0 radical (unpaired) electrons. The van der Waals surface area contributed by atoms with E-state index in [1.165, 1.54) is 12.8 Å². The van der Waals surface area contributed by atoms with Crippen molar-refractivity contribution in [3.63, 3.8) is 0 Å². The lowest BCUT2D eigenvalue weighted by atomic mass is 9.72. The first-order valence-electron chi connectivity index (χ1n) is 4.57. The van der Waals surface area contributed by atoms with Crippen molar-refractivity contribution in [1.29, 1.82) is 0 Å². The summed E-state index contributed by atoms with van der Waals surface area (Å²) in [5.74, 6) is 0. The van der Waals surface area contributed by atoms with Gasteiger partial charge >= 0.3 is 0 Å². The highest BCUT2D eigenvalue weighted by Gasteiger charge is 2.29. The molecular formula is C10H18O. The van der Waals surface area contributed by atoms with Crippen LogP contribution >= 0.6 is 0 Å². The molecule has 0 saturated heterocycles. The van der Waals surface area contributed by atoms with Gasteiger partial charge in [-0.15, -0.1) is 0 Å². The maximum absolute atomic E-state index is 9.42. The molecule has 64 valence electrons. The zero-order valence-electron chi connectivity index (χ0n) is 7.51. The van der Waals surface area contributed by atoms with Crippen molar-refractivity contribution in [2.45, 2.75) is 45.6 Å². The Hall–Kier alpha value is -0.300. The normalized spacial score (nSPS) is 28.8. The van der Waals surface area contributed by atoms with Crippen LogP contribution in [-0.2, 0) is 0 Å². The van der Waals surface area contributed by atoms with E-state index in [1.54, 1.807) is 0 Å². The van der Waals surface area contributed by atoms with Crippen LogP contribution in [0.1, 0.15) is 39.5 Å². The number of aliphatic hydroxyl groups excluding tert-OH is 1. The van der Waals surface area contributed by atoms with Gasteiger partial charge in [-0.25, -0.2) is 0 Å². The highest BCUT2D eigenvalue weighted by atomic mass is 16.3. The van der Waals surface area contributed by atoms with Crippen LogP contribution in [-0.4, -0.2) is 11.2 Å². The van der Waals surface area contributed by atoms with Crippen LogP contribution in [0, 0.1) is 5.41 Å². The number of hydrogen-bond donors (Lipinski definition) is 1. The fraction of sp³-hybridized carbons (Fsp3) is 0.800. The fourth-order valence-corrected chi connectivity index (χ4v) is 1.90. The summed E-state index contributed by atoms with van der Waals surface area (Å²) >= 11 is 0. The summed E-state index contributed by atoms with van der Waals surface area (Å²) in [5, 5.41) is 9.42. The summed E-state index contributed by atoms with van der Waals surface area (Å²) in [4.78, 5) is 0. The van der Waals surface area contributed by atoms with Gasteiger partial charge in [0.15, 0.2) is 0 Å². The summed E-state index contributed by atoms with van der Waals surface area (Å²) in [6.07, 6.45) is 8.33. The van der Waals surface area contributed by atoms with Gasteiger partial charge in [0.2, 0.25) is 0 Å². The molecule has 0 saturated carbocycles. The standard InChI is InChI=1S/C10H18O/c1-3-10(4-2)7-5-6-9(11)8-10/h5-6,9,11H,3-4,7-8H2,1-2H3. The molecule has 11 heavy (non-hydrogen) atoms. The molecule has 1 aliphatic rings. The molecule has 0 heterocycles. The van der Waals surface area contributed by atoms with Gasteiger partial charge < -0.3 is 5.11 Å². The molecule has 1 aliphatic carbocycles. The molecule has 1 heteroatoms. The molecule has 0 aliphatic heterocycles. The highest BCUT2D eigenvalue weighted by molar-refractivity contribution is 5.01. The second-order valence-electron chi connectivity index (χ2n) is 3.61. The van der Waals surface area contributed by atoms with E-state index in [0.29, 0.717) is 5.41 Å². The quantitative estimate of drug-likeness (QED) is 0.606. The molecule has 1 N–H and O–H groups in total. The Morgan fingerprint density at radius 2 is 2.09 bits per heavy atom. The van der Waals surface area contributed by atoms with Gasteiger partial charge in [0.25, 0.3) is 0 Å². The molecule has 0 spiro atoms. The molecule has 1 rings (SSSR count). The van der Waals surface area contributed by atoms with E-state index in [1.807, 2.05) is 6.08 Å².